The van der Waals surface area contributed by atoms with Crippen molar-refractivity contribution in [3.63, 3.8) is 0 Å². The van der Waals surface area contributed by atoms with Gasteiger partial charge in [-0.3, -0.25) is 0 Å². The average molecular weight is 245 g/mol. The molecule has 0 heterocycles. The Hall–Kier alpha value is -0.820. The Balaban J connectivity index is 1.94. The molecule has 2 unspecified atom stereocenters. The van der Waals surface area contributed by atoms with E-state index >= 15 is 0 Å². The molecule has 0 aromatic heterocycles. The molecule has 1 N–H and O–H groups in total. The zero-order valence-corrected chi connectivity index (χ0v) is 12.2. The molecule has 1 aliphatic rings. The molecule has 1 heteroatoms. The van der Waals surface area contributed by atoms with Gasteiger partial charge in [0.05, 0.1) is 0 Å². The summed E-state index contributed by atoms with van der Waals surface area (Å²) < 4.78 is 0. The van der Waals surface area contributed by atoms with Crippen molar-refractivity contribution in [1.29, 1.82) is 0 Å². The lowest BCUT2D eigenvalue weighted by atomic mass is 9.70. The quantitative estimate of drug-likeness (QED) is 0.823. The molecule has 0 amide bonds. The van der Waals surface area contributed by atoms with E-state index in [0.717, 1.165) is 5.92 Å². The summed E-state index contributed by atoms with van der Waals surface area (Å²) in [4.78, 5) is 0. The summed E-state index contributed by atoms with van der Waals surface area (Å²) in [6, 6.07) is 11.9. The van der Waals surface area contributed by atoms with Gasteiger partial charge in [-0.15, -0.1) is 0 Å². The van der Waals surface area contributed by atoms with Crippen LogP contribution in [0.15, 0.2) is 30.3 Å². The van der Waals surface area contributed by atoms with E-state index in [4.69, 9.17) is 0 Å². The first-order valence-electron chi connectivity index (χ1n) is 7.29. The molecule has 1 nitrogen and oxygen atoms in total. The summed E-state index contributed by atoms with van der Waals surface area (Å²) in [5.74, 6) is 0.778. The first-order chi connectivity index (χ1) is 8.48. The Morgan fingerprint density at radius 2 is 1.89 bits per heavy atom. The maximum absolute atomic E-state index is 3.82. The lowest BCUT2D eigenvalue weighted by Crippen LogP contribution is -2.42. The Morgan fingerprint density at radius 1 is 1.22 bits per heavy atom. The summed E-state index contributed by atoms with van der Waals surface area (Å²) in [5, 5.41) is 3.82. The SMILES string of the molecule is CC1CC(C)(C)CCC1N[C@@H](C)c1ccccc1. The van der Waals surface area contributed by atoms with Gasteiger partial charge in [0.15, 0.2) is 0 Å². The Morgan fingerprint density at radius 3 is 2.50 bits per heavy atom. The van der Waals surface area contributed by atoms with Gasteiger partial charge in [-0.05, 0) is 43.1 Å². The van der Waals surface area contributed by atoms with E-state index in [1.54, 1.807) is 0 Å². The molecular weight excluding hydrogens is 218 g/mol. The van der Waals surface area contributed by atoms with E-state index in [0.29, 0.717) is 17.5 Å². The number of hydrogen-bond donors (Lipinski definition) is 1. The van der Waals surface area contributed by atoms with E-state index in [1.807, 2.05) is 0 Å². The summed E-state index contributed by atoms with van der Waals surface area (Å²) in [6.07, 6.45) is 3.99. The maximum Gasteiger partial charge on any atom is 0.0294 e. The van der Waals surface area contributed by atoms with Gasteiger partial charge in [0.25, 0.3) is 0 Å². The van der Waals surface area contributed by atoms with Gasteiger partial charge in [0, 0.05) is 12.1 Å². The normalized spacial score (nSPS) is 28.9. The van der Waals surface area contributed by atoms with Crippen LogP contribution in [0.1, 0.15) is 58.6 Å². The molecule has 0 radical (unpaired) electrons. The molecule has 18 heavy (non-hydrogen) atoms. The number of rotatable bonds is 3. The van der Waals surface area contributed by atoms with Gasteiger partial charge >= 0.3 is 0 Å². The standard InChI is InChI=1S/C17H27N/c1-13-12-17(3,4)11-10-16(13)18-14(2)15-8-6-5-7-9-15/h5-9,13-14,16,18H,10-12H2,1-4H3/t13?,14-,16?/m0/s1. The van der Waals surface area contributed by atoms with Crippen molar-refractivity contribution < 1.29 is 0 Å². The second kappa shape index (κ2) is 5.44. The minimum absolute atomic E-state index is 0.458. The zero-order valence-electron chi connectivity index (χ0n) is 12.2. The van der Waals surface area contributed by atoms with E-state index in [9.17, 15) is 0 Å². The minimum Gasteiger partial charge on any atom is -0.307 e. The molecule has 1 aliphatic carbocycles. The van der Waals surface area contributed by atoms with Crippen LogP contribution in [0.25, 0.3) is 0 Å². The highest BCUT2D eigenvalue weighted by molar-refractivity contribution is 5.18. The minimum atomic E-state index is 0.458. The highest BCUT2D eigenvalue weighted by atomic mass is 15.0. The first-order valence-corrected chi connectivity index (χ1v) is 7.29. The molecule has 0 spiro atoms. The smallest absolute Gasteiger partial charge is 0.0294 e. The van der Waals surface area contributed by atoms with Gasteiger partial charge < -0.3 is 5.32 Å². The van der Waals surface area contributed by atoms with Crippen LogP contribution in [0.3, 0.4) is 0 Å². The Kier molecular flexibility index (Phi) is 4.11. The molecular formula is C17H27N. The highest BCUT2D eigenvalue weighted by Crippen LogP contribution is 2.39. The van der Waals surface area contributed by atoms with Gasteiger partial charge in [0.2, 0.25) is 0 Å². The van der Waals surface area contributed by atoms with E-state index in [2.05, 4.69) is 63.3 Å². The summed E-state index contributed by atoms with van der Waals surface area (Å²) >= 11 is 0. The molecule has 3 atom stereocenters. The summed E-state index contributed by atoms with van der Waals surface area (Å²) in [6.45, 7) is 9.48. The van der Waals surface area contributed by atoms with Crippen LogP contribution in [0.2, 0.25) is 0 Å². The van der Waals surface area contributed by atoms with Gasteiger partial charge in [-0.25, -0.2) is 0 Å². The van der Waals surface area contributed by atoms with Crippen LogP contribution in [-0.2, 0) is 0 Å². The molecule has 0 bridgehead atoms. The molecule has 1 aromatic rings. The highest BCUT2D eigenvalue weighted by Gasteiger charge is 2.32. The van der Waals surface area contributed by atoms with Crippen molar-refractivity contribution in [3.05, 3.63) is 35.9 Å². The molecule has 0 aliphatic heterocycles. The monoisotopic (exact) mass is 245 g/mol. The summed E-state index contributed by atoms with van der Waals surface area (Å²) in [7, 11) is 0. The second-order valence-corrected chi connectivity index (χ2v) is 6.79. The van der Waals surface area contributed by atoms with Crippen molar-refractivity contribution >= 4 is 0 Å². The van der Waals surface area contributed by atoms with E-state index in [-0.39, 0.29) is 0 Å². The largest absolute Gasteiger partial charge is 0.307 e. The predicted octanol–water partition coefficient (Wildman–Crippen LogP) is 4.55. The first kappa shape index (κ1) is 13.6. The molecule has 1 aromatic carbocycles. The van der Waals surface area contributed by atoms with Crippen molar-refractivity contribution in [2.45, 2.75) is 59.0 Å². The van der Waals surface area contributed by atoms with Gasteiger partial charge in [-0.1, -0.05) is 51.1 Å². The van der Waals surface area contributed by atoms with Crippen LogP contribution >= 0.6 is 0 Å². The van der Waals surface area contributed by atoms with E-state index in [1.165, 1.54) is 24.8 Å². The fraction of sp³-hybridized carbons (Fsp3) is 0.647. The Bertz CT molecular complexity index is 368. The van der Waals surface area contributed by atoms with Crippen LogP contribution in [0.5, 0.6) is 0 Å². The van der Waals surface area contributed by atoms with E-state index < -0.39 is 0 Å². The van der Waals surface area contributed by atoms with Crippen LogP contribution < -0.4 is 5.32 Å². The van der Waals surface area contributed by atoms with Crippen LogP contribution in [0.4, 0.5) is 0 Å². The van der Waals surface area contributed by atoms with Crippen molar-refractivity contribution in [1.82, 2.24) is 5.32 Å². The fourth-order valence-electron chi connectivity index (χ4n) is 3.35. The second-order valence-electron chi connectivity index (χ2n) is 6.79. The molecule has 1 fully saturated rings. The topological polar surface area (TPSA) is 12.0 Å². The average Bonchev–Trinajstić information content (AvgIpc) is 2.33. The number of hydrogen-bond acceptors (Lipinski definition) is 1. The molecule has 0 saturated heterocycles. The molecule has 2 rings (SSSR count). The predicted molar refractivity (Wildman–Crippen MR) is 78.6 cm³/mol. The maximum atomic E-state index is 3.82. The fourth-order valence-corrected chi connectivity index (χ4v) is 3.35. The molecule has 100 valence electrons. The lowest BCUT2D eigenvalue weighted by Gasteiger charge is -2.40. The number of benzene rings is 1. The van der Waals surface area contributed by atoms with Gasteiger partial charge in [-0.2, -0.15) is 0 Å². The zero-order chi connectivity index (χ0) is 13.2. The van der Waals surface area contributed by atoms with Gasteiger partial charge in [0.1, 0.15) is 0 Å². The van der Waals surface area contributed by atoms with Crippen LogP contribution in [-0.4, -0.2) is 6.04 Å². The third kappa shape index (κ3) is 3.35. The summed E-state index contributed by atoms with van der Waals surface area (Å²) in [5.41, 5.74) is 1.93. The lowest BCUT2D eigenvalue weighted by molar-refractivity contribution is 0.143. The van der Waals surface area contributed by atoms with Crippen molar-refractivity contribution in [2.75, 3.05) is 0 Å². The third-order valence-corrected chi connectivity index (χ3v) is 4.46. The third-order valence-electron chi connectivity index (χ3n) is 4.46. The number of nitrogens with one attached hydrogen (secondary N) is 1. The van der Waals surface area contributed by atoms with Crippen molar-refractivity contribution in [3.8, 4) is 0 Å². The molecule has 1 saturated carbocycles. The van der Waals surface area contributed by atoms with Crippen molar-refractivity contribution in [2.24, 2.45) is 11.3 Å². The Labute approximate surface area is 112 Å². The van der Waals surface area contributed by atoms with Crippen LogP contribution in [0, 0.1) is 11.3 Å².